The van der Waals surface area contributed by atoms with Crippen LogP contribution in [0.25, 0.3) is 0 Å². The van der Waals surface area contributed by atoms with E-state index in [0.29, 0.717) is 0 Å². The Morgan fingerprint density at radius 2 is 2.17 bits per heavy atom. The Hall–Kier alpha value is -1.03. The first-order valence-corrected chi connectivity index (χ1v) is 3.75. The second-order valence-corrected chi connectivity index (χ2v) is 2.37. The van der Waals surface area contributed by atoms with Crippen LogP contribution in [0, 0.1) is 0 Å². The molecule has 0 bridgehead atoms. The Morgan fingerprint density at radius 1 is 1.58 bits per heavy atom. The highest BCUT2D eigenvalue weighted by Gasteiger charge is 2.06. The highest BCUT2D eigenvalue weighted by Crippen LogP contribution is 1.96. The van der Waals surface area contributed by atoms with Gasteiger partial charge in [-0.1, -0.05) is 0 Å². The average molecular weight is 193 g/mol. The summed E-state index contributed by atoms with van der Waals surface area (Å²) < 4.78 is 4.55. The maximum Gasteiger partial charge on any atom is 0.334 e. The fraction of sp³-hybridized carbons (Fsp3) is 0.429. The van der Waals surface area contributed by atoms with Gasteiger partial charge in [-0.3, -0.25) is 0 Å². The zero-order valence-corrected chi connectivity index (χ0v) is 7.30. The van der Waals surface area contributed by atoms with Crippen molar-refractivity contribution in [2.24, 2.45) is 0 Å². The third-order valence-corrected chi connectivity index (χ3v) is 1.13. The molecule has 0 spiro atoms. The average Bonchev–Trinajstić information content (AvgIpc) is 1.98. The highest BCUT2D eigenvalue weighted by molar-refractivity contribution is 6.18. The summed E-state index contributed by atoms with van der Waals surface area (Å²) in [5.74, 6) is -1.63. The molecule has 12 heavy (non-hydrogen) atoms. The molecule has 0 aliphatic rings. The van der Waals surface area contributed by atoms with Gasteiger partial charge < -0.3 is 9.84 Å². The summed E-state index contributed by atoms with van der Waals surface area (Å²) in [6, 6.07) is 0. The van der Waals surface area contributed by atoms with Gasteiger partial charge in [0, 0.05) is 11.6 Å². The van der Waals surface area contributed by atoms with Gasteiger partial charge >= 0.3 is 11.9 Å². The molecule has 0 saturated heterocycles. The van der Waals surface area contributed by atoms with Crippen LogP contribution in [0.1, 0.15) is 6.92 Å². The van der Waals surface area contributed by atoms with Gasteiger partial charge in [0.05, 0.1) is 5.88 Å². The van der Waals surface area contributed by atoms with Gasteiger partial charge in [-0.2, -0.15) is 0 Å². The first kappa shape index (κ1) is 11.0. The molecule has 0 saturated carbocycles. The molecule has 5 heteroatoms. The molecule has 0 amide bonds. The number of carboxylic acid groups (broad SMARTS) is 1. The van der Waals surface area contributed by atoms with E-state index in [-0.39, 0.29) is 18.1 Å². The van der Waals surface area contributed by atoms with Crippen LogP contribution in [-0.4, -0.2) is 29.5 Å². The number of carbonyl (C=O) groups is 2. The van der Waals surface area contributed by atoms with Gasteiger partial charge in [0.15, 0.2) is 0 Å². The minimum absolute atomic E-state index is 0.0487. The molecule has 0 rings (SSSR count). The van der Waals surface area contributed by atoms with Crippen molar-refractivity contribution < 1.29 is 19.4 Å². The standard InChI is InChI=1S/C7H9ClO4/c1-5(4-6(9)10)7(11)12-3-2-8/h4H,2-3H2,1H3,(H,9,10)/b5-4+. The topological polar surface area (TPSA) is 63.6 Å². The molecular weight excluding hydrogens is 184 g/mol. The molecular formula is C7H9ClO4. The van der Waals surface area contributed by atoms with Crippen molar-refractivity contribution in [2.45, 2.75) is 6.92 Å². The number of hydrogen-bond donors (Lipinski definition) is 1. The van der Waals surface area contributed by atoms with Crippen LogP contribution in [0.15, 0.2) is 11.6 Å². The molecule has 0 radical (unpaired) electrons. The normalized spacial score (nSPS) is 11.0. The zero-order chi connectivity index (χ0) is 9.56. The van der Waals surface area contributed by atoms with Gasteiger partial charge in [0.25, 0.3) is 0 Å². The molecule has 0 heterocycles. The molecule has 0 aliphatic carbocycles. The van der Waals surface area contributed by atoms with Gasteiger partial charge in [0.2, 0.25) is 0 Å². The van der Waals surface area contributed by atoms with E-state index >= 15 is 0 Å². The molecule has 0 atom stereocenters. The summed E-state index contributed by atoms with van der Waals surface area (Å²) in [5.41, 5.74) is 0.0487. The van der Waals surface area contributed by atoms with Crippen LogP contribution in [0.2, 0.25) is 0 Å². The lowest BCUT2D eigenvalue weighted by Crippen LogP contribution is -2.09. The van der Waals surface area contributed by atoms with E-state index in [4.69, 9.17) is 16.7 Å². The number of aliphatic carboxylic acids is 1. The van der Waals surface area contributed by atoms with Crippen LogP contribution in [0.3, 0.4) is 0 Å². The number of rotatable bonds is 4. The number of ether oxygens (including phenoxy) is 1. The van der Waals surface area contributed by atoms with Crippen molar-refractivity contribution in [3.05, 3.63) is 11.6 Å². The Balaban J connectivity index is 4.01. The number of carbonyl (C=O) groups excluding carboxylic acids is 1. The monoisotopic (exact) mass is 192 g/mol. The van der Waals surface area contributed by atoms with Crippen molar-refractivity contribution >= 4 is 23.5 Å². The molecule has 1 N–H and O–H groups in total. The van der Waals surface area contributed by atoms with Gasteiger partial charge in [-0.15, -0.1) is 11.6 Å². The SMILES string of the molecule is C/C(=C\C(=O)O)C(=O)OCCCl. The van der Waals surface area contributed by atoms with Crippen LogP contribution in [0.4, 0.5) is 0 Å². The summed E-state index contributed by atoms with van der Waals surface area (Å²) in [5, 5.41) is 8.25. The van der Waals surface area contributed by atoms with Gasteiger partial charge in [-0.25, -0.2) is 9.59 Å². The molecule has 0 fully saturated rings. The van der Waals surface area contributed by atoms with E-state index in [1.54, 1.807) is 0 Å². The third kappa shape index (κ3) is 4.73. The lowest BCUT2D eigenvalue weighted by molar-refractivity contribution is -0.139. The quantitative estimate of drug-likeness (QED) is 0.407. The maximum atomic E-state index is 10.8. The summed E-state index contributed by atoms with van der Waals surface area (Å²) in [4.78, 5) is 20.9. The molecule has 68 valence electrons. The van der Waals surface area contributed by atoms with Crippen molar-refractivity contribution in [1.82, 2.24) is 0 Å². The number of alkyl halides is 1. The molecule has 0 aromatic rings. The number of carboxylic acids is 1. The first-order chi connectivity index (χ1) is 5.57. The number of halogens is 1. The fourth-order valence-electron chi connectivity index (χ4n) is 0.489. The van der Waals surface area contributed by atoms with E-state index in [0.717, 1.165) is 6.08 Å². The summed E-state index contributed by atoms with van der Waals surface area (Å²) >= 11 is 5.24. The molecule has 4 nitrogen and oxygen atoms in total. The molecule has 0 unspecified atom stereocenters. The van der Waals surface area contributed by atoms with E-state index in [2.05, 4.69) is 4.74 Å². The molecule has 0 aliphatic heterocycles. The number of esters is 1. The smallest absolute Gasteiger partial charge is 0.334 e. The second kappa shape index (κ2) is 5.60. The molecule has 0 aromatic heterocycles. The largest absolute Gasteiger partial charge is 0.478 e. The van der Waals surface area contributed by atoms with E-state index in [1.807, 2.05) is 0 Å². The summed E-state index contributed by atoms with van der Waals surface area (Å²) in [6.45, 7) is 1.45. The van der Waals surface area contributed by atoms with E-state index < -0.39 is 11.9 Å². The Labute approximate surface area is 74.8 Å². The van der Waals surface area contributed by atoms with Crippen LogP contribution in [-0.2, 0) is 14.3 Å². The summed E-state index contributed by atoms with van der Waals surface area (Å²) in [7, 11) is 0. The van der Waals surface area contributed by atoms with Crippen molar-refractivity contribution in [1.29, 1.82) is 0 Å². The summed E-state index contributed by atoms with van der Waals surface area (Å²) in [6.07, 6.45) is 0.788. The lowest BCUT2D eigenvalue weighted by Gasteiger charge is -2.00. The van der Waals surface area contributed by atoms with Gasteiger partial charge in [0.1, 0.15) is 6.61 Å². The number of hydrogen-bond acceptors (Lipinski definition) is 3. The minimum Gasteiger partial charge on any atom is -0.478 e. The fourth-order valence-corrected chi connectivity index (χ4v) is 0.566. The Bertz CT molecular complexity index is 209. The van der Waals surface area contributed by atoms with Crippen LogP contribution < -0.4 is 0 Å². The van der Waals surface area contributed by atoms with Crippen molar-refractivity contribution in [3.63, 3.8) is 0 Å². The van der Waals surface area contributed by atoms with Crippen molar-refractivity contribution in [2.75, 3.05) is 12.5 Å². The maximum absolute atomic E-state index is 10.8. The van der Waals surface area contributed by atoms with E-state index in [1.165, 1.54) is 6.92 Å². The zero-order valence-electron chi connectivity index (χ0n) is 6.54. The van der Waals surface area contributed by atoms with Crippen molar-refractivity contribution in [3.8, 4) is 0 Å². The predicted octanol–water partition coefficient (Wildman–Crippen LogP) is 0.799. The van der Waals surface area contributed by atoms with Gasteiger partial charge in [-0.05, 0) is 6.92 Å². The predicted molar refractivity (Wildman–Crippen MR) is 43.1 cm³/mol. The second-order valence-electron chi connectivity index (χ2n) is 1.99. The van der Waals surface area contributed by atoms with Crippen LogP contribution in [0.5, 0.6) is 0 Å². The van der Waals surface area contributed by atoms with E-state index in [9.17, 15) is 9.59 Å². The Morgan fingerprint density at radius 3 is 2.58 bits per heavy atom. The third-order valence-electron chi connectivity index (χ3n) is 0.972. The lowest BCUT2D eigenvalue weighted by atomic mass is 10.3. The first-order valence-electron chi connectivity index (χ1n) is 3.22. The Kier molecular flexibility index (Phi) is 5.12. The highest BCUT2D eigenvalue weighted by atomic mass is 35.5. The molecule has 0 aromatic carbocycles. The van der Waals surface area contributed by atoms with Crippen LogP contribution >= 0.6 is 11.6 Å². The minimum atomic E-state index is -1.17.